The normalized spacial score (nSPS) is 29.5. The van der Waals surface area contributed by atoms with Crippen LogP contribution >= 0.6 is 0 Å². The average Bonchev–Trinajstić information content (AvgIpc) is 2.23. The molecule has 2 aliphatic rings. The van der Waals surface area contributed by atoms with E-state index in [9.17, 15) is 4.79 Å². The zero-order valence-corrected chi connectivity index (χ0v) is 8.83. The van der Waals surface area contributed by atoms with Crippen LogP contribution < -0.4 is 5.32 Å². The summed E-state index contributed by atoms with van der Waals surface area (Å²) in [7, 11) is 1.89. The highest BCUT2D eigenvalue weighted by Gasteiger charge is 2.29. The van der Waals surface area contributed by atoms with E-state index in [1.54, 1.807) is 0 Å². The predicted octanol–water partition coefficient (Wildman–Crippen LogP) is 0.843. The summed E-state index contributed by atoms with van der Waals surface area (Å²) in [5.74, 6) is 0. The van der Waals surface area contributed by atoms with Crippen molar-refractivity contribution in [1.29, 1.82) is 0 Å². The number of piperidine rings is 1. The summed E-state index contributed by atoms with van der Waals surface area (Å²) in [5.41, 5.74) is 0. The maximum absolute atomic E-state index is 11.8. The Kier molecular flexibility index (Phi) is 2.91. The van der Waals surface area contributed by atoms with E-state index in [4.69, 9.17) is 0 Å². The van der Waals surface area contributed by atoms with Crippen LogP contribution in [0, 0.1) is 0 Å². The number of urea groups is 1. The van der Waals surface area contributed by atoms with Crippen molar-refractivity contribution in [1.82, 2.24) is 15.1 Å². The molecule has 14 heavy (non-hydrogen) atoms. The van der Waals surface area contributed by atoms with Crippen LogP contribution in [0.25, 0.3) is 0 Å². The Morgan fingerprint density at radius 1 is 1.29 bits per heavy atom. The molecule has 0 aromatic carbocycles. The third-order valence-corrected chi connectivity index (χ3v) is 3.13. The largest absolute Gasteiger partial charge is 0.328 e. The molecule has 4 heteroatoms. The molecule has 2 rings (SSSR count). The molecule has 0 bridgehead atoms. The summed E-state index contributed by atoms with van der Waals surface area (Å²) in [6, 6.07) is 0.190. The summed E-state index contributed by atoms with van der Waals surface area (Å²) in [4.78, 5) is 15.6. The number of hydrogen-bond acceptors (Lipinski definition) is 2. The second-order valence-electron chi connectivity index (χ2n) is 4.22. The molecule has 4 nitrogen and oxygen atoms in total. The van der Waals surface area contributed by atoms with Crippen molar-refractivity contribution in [3.63, 3.8) is 0 Å². The molecule has 0 radical (unpaired) electrons. The minimum Gasteiger partial charge on any atom is -0.328 e. The number of amides is 2. The van der Waals surface area contributed by atoms with Crippen LogP contribution in [0.5, 0.6) is 0 Å². The number of nitrogens with one attached hydrogen (secondary N) is 1. The average molecular weight is 197 g/mol. The number of nitrogens with zero attached hydrogens (tertiary/aromatic N) is 2. The van der Waals surface area contributed by atoms with Crippen LogP contribution in [-0.2, 0) is 0 Å². The molecule has 80 valence electrons. The third-order valence-electron chi connectivity index (χ3n) is 3.13. The summed E-state index contributed by atoms with van der Waals surface area (Å²) >= 11 is 0. The van der Waals surface area contributed by atoms with Crippen molar-refractivity contribution < 1.29 is 4.79 Å². The molecule has 0 aliphatic carbocycles. The van der Waals surface area contributed by atoms with Crippen molar-refractivity contribution in [2.24, 2.45) is 0 Å². The Morgan fingerprint density at radius 2 is 2.14 bits per heavy atom. The van der Waals surface area contributed by atoms with E-state index in [0.717, 1.165) is 32.5 Å². The fourth-order valence-electron chi connectivity index (χ4n) is 2.28. The minimum atomic E-state index is 0.190. The monoisotopic (exact) mass is 197 g/mol. The van der Waals surface area contributed by atoms with Gasteiger partial charge in [0.05, 0.1) is 6.17 Å². The highest BCUT2D eigenvalue weighted by molar-refractivity contribution is 5.75. The second kappa shape index (κ2) is 4.17. The highest BCUT2D eigenvalue weighted by atomic mass is 16.2. The molecule has 1 N–H and O–H groups in total. The molecule has 1 atom stereocenters. The van der Waals surface area contributed by atoms with Gasteiger partial charge in [0.15, 0.2) is 0 Å². The van der Waals surface area contributed by atoms with E-state index in [1.165, 1.54) is 12.8 Å². The minimum absolute atomic E-state index is 0.190. The number of carbonyl (C=O) groups excluding carboxylic acids is 1. The topological polar surface area (TPSA) is 35.6 Å². The van der Waals surface area contributed by atoms with Crippen molar-refractivity contribution in [3.8, 4) is 0 Å². The van der Waals surface area contributed by atoms with Gasteiger partial charge < -0.3 is 9.80 Å². The van der Waals surface area contributed by atoms with Crippen LogP contribution in [0.3, 0.4) is 0 Å². The molecule has 0 aromatic heterocycles. The first-order valence-corrected chi connectivity index (χ1v) is 5.54. The van der Waals surface area contributed by atoms with Gasteiger partial charge in [-0.3, -0.25) is 5.32 Å². The van der Waals surface area contributed by atoms with Gasteiger partial charge in [-0.05, 0) is 32.2 Å². The Balaban J connectivity index is 1.97. The molecule has 2 aliphatic heterocycles. The zero-order valence-electron chi connectivity index (χ0n) is 8.83. The van der Waals surface area contributed by atoms with Gasteiger partial charge in [0, 0.05) is 20.1 Å². The van der Waals surface area contributed by atoms with E-state index >= 15 is 0 Å². The van der Waals surface area contributed by atoms with Gasteiger partial charge in [-0.2, -0.15) is 0 Å². The molecule has 1 unspecified atom stereocenters. The Morgan fingerprint density at radius 3 is 2.86 bits per heavy atom. The number of carbonyl (C=O) groups is 1. The van der Waals surface area contributed by atoms with E-state index in [0.29, 0.717) is 6.17 Å². The lowest BCUT2D eigenvalue weighted by Crippen LogP contribution is -2.57. The van der Waals surface area contributed by atoms with Crippen LogP contribution in [0.4, 0.5) is 4.79 Å². The molecular weight excluding hydrogens is 178 g/mol. The zero-order chi connectivity index (χ0) is 9.97. The lowest BCUT2D eigenvalue weighted by Gasteiger charge is -2.40. The number of hydrogen-bond donors (Lipinski definition) is 1. The molecule has 0 aromatic rings. The van der Waals surface area contributed by atoms with E-state index in [-0.39, 0.29) is 6.03 Å². The van der Waals surface area contributed by atoms with E-state index < -0.39 is 0 Å². The molecule has 2 amide bonds. The smallest absolute Gasteiger partial charge is 0.320 e. The fourth-order valence-corrected chi connectivity index (χ4v) is 2.28. The highest BCUT2D eigenvalue weighted by Crippen LogP contribution is 2.16. The standard InChI is InChI=1S/C10H19N3O/c1-12-7-4-8-13(10(12)14)9-5-2-3-6-11-9/h9,11H,2-8H2,1H3. The van der Waals surface area contributed by atoms with Crippen LogP contribution in [0.2, 0.25) is 0 Å². The SMILES string of the molecule is CN1CCCN(C2CCCCN2)C1=O. The molecule has 0 saturated carbocycles. The lowest BCUT2D eigenvalue weighted by atomic mass is 10.1. The molecular formula is C10H19N3O. The van der Waals surface area contributed by atoms with Gasteiger partial charge in [0.25, 0.3) is 0 Å². The number of rotatable bonds is 1. The molecule has 0 spiro atoms. The van der Waals surface area contributed by atoms with Gasteiger partial charge >= 0.3 is 6.03 Å². The Labute approximate surface area is 85.2 Å². The van der Waals surface area contributed by atoms with Crippen LogP contribution in [-0.4, -0.2) is 48.7 Å². The van der Waals surface area contributed by atoms with Gasteiger partial charge in [-0.15, -0.1) is 0 Å². The van der Waals surface area contributed by atoms with Crippen molar-refractivity contribution in [3.05, 3.63) is 0 Å². The van der Waals surface area contributed by atoms with Crippen molar-refractivity contribution in [2.75, 3.05) is 26.7 Å². The first-order chi connectivity index (χ1) is 6.79. The molecule has 2 fully saturated rings. The molecule has 2 heterocycles. The van der Waals surface area contributed by atoms with Crippen LogP contribution in [0.1, 0.15) is 25.7 Å². The second-order valence-corrected chi connectivity index (χ2v) is 4.22. The van der Waals surface area contributed by atoms with Gasteiger partial charge in [0.2, 0.25) is 0 Å². The van der Waals surface area contributed by atoms with E-state index in [2.05, 4.69) is 5.32 Å². The first kappa shape index (κ1) is 9.77. The maximum atomic E-state index is 11.8. The third kappa shape index (κ3) is 1.85. The van der Waals surface area contributed by atoms with Gasteiger partial charge in [-0.1, -0.05) is 0 Å². The summed E-state index contributed by atoms with van der Waals surface area (Å²) < 4.78 is 0. The van der Waals surface area contributed by atoms with Crippen molar-refractivity contribution in [2.45, 2.75) is 31.8 Å². The van der Waals surface area contributed by atoms with Gasteiger partial charge in [0.1, 0.15) is 0 Å². The van der Waals surface area contributed by atoms with E-state index in [1.807, 2.05) is 16.8 Å². The quantitative estimate of drug-likeness (QED) is 0.676. The lowest BCUT2D eigenvalue weighted by molar-refractivity contribution is 0.0965. The van der Waals surface area contributed by atoms with Crippen molar-refractivity contribution >= 4 is 6.03 Å². The Hall–Kier alpha value is -0.770. The summed E-state index contributed by atoms with van der Waals surface area (Å²) in [5, 5.41) is 3.42. The summed E-state index contributed by atoms with van der Waals surface area (Å²) in [6.45, 7) is 2.88. The maximum Gasteiger partial charge on any atom is 0.320 e. The summed E-state index contributed by atoms with van der Waals surface area (Å²) in [6.07, 6.45) is 4.98. The van der Waals surface area contributed by atoms with Gasteiger partial charge in [-0.25, -0.2) is 4.79 Å². The Bertz CT molecular complexity index is 213. The fraction of sp³-hybridized carbons (Fsp3) is 0.900. The van der Waals surface area contributed by atoms with Crippen LogP contribution in [0.15, 0.2) is 0 Å². The molecule has 2 saturated heterocycles. The predicted molar refractivity (Wildman–Crippen MR) is 55.0 cm³/mol. The first-order valence-electron chi connectivity index (χ1n) is 5.54.